The number of thiophene rings is 1. The average molecular weight is 441 g/mol. The SMILES string of the molecule is C=CCn1c(SCc2cc(C(C)=O)ccc2OC)nc2sc3c(c2c1=O)CCCC3. The van der Waals surface area contributed by atoms with Crippen LogP contribution < -0.4 is 10.3 Å². The van der Waals surface area contributed by atoms with Gasteiger partial charge in [0.05, 0.1) is 12.5 Å². The van der Waals surface area contributed by atoms with Crippen LogP contribution in [-0.2, 0) is 25.1 Å². The van der Waals surface area contributed by atoms with Crippen LogP contribution in [0.25, 0.3) is 10.2 Å². The number of methoxy groups -OCH3 is 1. The van der Waals surface area contributed by atoms with E-state index in [0.717, 1.165) is 40.8 Å². The third-order valence-corrected chi connectivity index (χ3v) is 7.61. The van der Waals surface area contributed by atoms with Crippen molar-refractivity contribution in [2.75, 3.05) is 7.11 Å². The maximum atomic E-state index is 13.3. The minimum absolute atomic E-state index is 0.0104. The molecule has 30 heavy (non-hydrogen) atoms. The lowest BCUT2D eigenvalue weighted by Gasteiger charge is -2.13. The second-order valence-electron chi connectivity index (χ2n) is 7.36. The molecule has 2 heterocycles. The molecule has 0 saturated heterocycles. The predicted octanol–water partition coefficient (Wildman–Crippen LogP) is 5.03. The van der Waals surface area contributed by atoms with Gasteiger partial charge in [-0.1, -0.05) is 17.8 Å². The number of nitrogens with zero attached hydrogens (tertiary/aromatic N) is 2. The number of allylic oxidation sites excluding steroid dienone is 1. The zero-order valence-corrected chi connectivity index (χ0v) is 18.8. The summed E-state index contributed by atoms with van der Waals surface area (Å²) in [5, 5.41) is 1.46. The Bertz CT molecular complexity index is 1190. The smallest absolute Gasteiger partial charge is 0.263 e. The highest BCUT2D eigenvalue weighted by Gasteiger charge is 2.22. The minimum Gasteiger partial charge on any atom is -0.496 e. The summed E-state index contributed by atoms with van der Waals surface area (Å²) < 4.78 is 7.18. The first kappa shape index (κ1) is 20.9. The quantitative estimate of drug-likeness (QED) is 0.223. The number of rotatable bonds is 7. The number of aromatic nitrogens is 2. The molecular formula is C23H24N2O3S2. The first-order valence-corrected chi connectivity index (χ1v) is 11.8. The summed E-state index contributed by atoms with van der Waals surface area (Å²) in [5.74, 6) is 1.28. The Morgan fingerprint density at radius 2 is 2.17 bits per heavy atom. The maximum Gasteiger partial charge on any atom is 0.263 e. The molecule has 0 radical (unpaired) electrons. The van der Waals surface area contributed by atoms with E-state index in [0.29, 0.717) is 23.0 Å². The first-order chi connectivity index (χ1) is 14.5. The highest BCUT2D eigenvalue weighted by molar-refractivity contribution is 7.98. The summed E-state index contributed by atoms with van der Waals surface area (Å²) in [6.07, 6.45) is 6.03. The molecule has 1 aliphatic rings. The molecule has 0 unspecified atom stereocenters. The number of aryl methyl sites for hydroxylation is 2. The summed E-state index contributed by atoms with van der Waals surface area (Å²) in [6.45, 7) is 5.78. The van der Waals surface area contributed by atoms with Gasteiger partial charge < -0.3 is 4.74 Å². The molecule has 5 nitrogen and oxygen atoms in total. The second kappa shape index (κ2) is 8.78. The number of hydrogen-bond acceptors (Lipinski definition) is 6. The average Bonchev–Trinajstić information content (AvgIpc) is 3.12. The molecular weight excluding hydrogens is 416 g/mol. The zero-order valence-electron chi connectivity index (χ0n) is 17.2. The fourth-order valence-corrected chi connectivity index (χ4v) is 6.16. The van der Waals surface area contributed by atoms with E-state index in [2.05, 4.69) is 6.58 Å². The van der Waals surface area contributed by atoms with E-state index in [4.69, 9.17) is 9.72 Å². The summed E-state index contributed by atoms with van der Waals surface area (Å²) in [4.78, 5) is 32.2. The lowest BCUT2D eigenvalue weighted by molar-refractivity contribution is 0.101. The maximum absolute atomic E-state index is 13.3. The van der Waals surface area contributed by atoms with Gasteiger partial charge in [0.25, 0.3) is 5.56 Å². The molecule has 4 rings (SSSR count). The van der Waals surface area contributed by atoms with Crippen LogP contribution in [0, 0.1) is 0 Å². The third-order valence-electron chi connectivity index (χ3n) is 5.40. The number of ketones is 1. The van der Waals surface area contributed by atoms with Crippen LogP contribution in [0.15, 0.2) is 40.8 Å². The van der Waals surface area contributed by atoms with Crippen molar-refractivity contribution in [2.24, 2.45) is 0 Å². The van der Waals surface area contributed by atoms with Crippen molar-refractivity contribution in [2.45, 2.75) is 50.1 Å². The number of Topliss-reactive ketones (excluding diaryl/α,β-unsaturated/α-hetero) is 1. The molecule has 0 amide bonds. The van der Waals surface area contributed by atoms with Crippen LogP contribution in [0.3, 0.4) is 0 Å². The molecule has 1 aliphatic carbocycles. The van der Waals surface area contributed by atoms with Gasteiger partial charge >= 0.3 is 0 Å². The van der Waals surface area contributed by atoms with Gasteiger partial charge in [-0.05, 0) is 56.4 Å². The van der Waals surface area contributed by atoms with E-state index in [1.165, 1.54) is 28.6 Å². The molecule has 156 valence electrons. The van der Waals surface area contributed by atoms with E-state index >= 15 is 0 Å². The van der Waals surface area contributed by atoms with Gasteiger partial charge in [-0.3, -0.25) is 14.2 Å². The molecule has 0 N–H and O–H groups in total. The Balaban J connectivity index is 1.75. The molecule has 0 saturated carbocycles. The topological polar surface area (TPSA) is 61.2 Å². The van der Waals surface area contributed by atoms with Gasteiger partial charge in [0.2, 0.25) is 0 Å². The zero-order chi connectivity index (χ0) is 21.3. The number of benzene rings is 1. The lowest BCUT2D eigenvalue weighted by Crippen LogP contribution is -2.23. The van der Waals surface area contributed by atoms with E-state index in [1.54, 1.807) is 42.1 Å². The van der Waals surface area contributed by atoms with Crippen molar-refractivity contribution < 1.29 is 9.53 Å². The van der Waals surface area contributed by atoms with Crippen LogP contribution in [0.4, 0.5) is 0 Å². The number of thioether (sulfide) groups is 1. The van der Waals surface area contributed by atoms with Crippen molar-refractivity contribution in [3.63, 3.8) is 0 Å². The standard InChI is InChI=1S/C23H24N2O3S2/c1-4-11-25-22(27)20-17-7-5-6-8-19(17)30-21(20)24-23(25)29-13-16-12-15(14(2)26)9-10-18(16)28-3/h4,9-10,12H,1,5-8,11,13H2,2-3H3. The van der Waals surface area contributed by atoms with Gasteiger partial charge in [0, 0.05) is 28.3 Å². The summed E-state index contributed by atoms with van der Waals surface area (Å²) in [6, 6.07) is 5.43. The molecule has 0 aliphatic heterocycles. The Hall–Kier alpha value is -2.38. The first-order valence-electron chi connectivity index (χ1n) is 10.00. The number of carbonyl (C=O) groups is 1. The third kappa shape index (κ3) is 3.84. The van der Waals surface area contributed by atoms with Crippen molar-refractivity contribution in [1.29, 1.82) is 0 Å². The Morgan fingerprint density at radius 1 is 1.37 bits per heavy atom. The predicted molar refractivity (Wildman–Crippen MR) is 123 cm³/mol. The van der Waals surface area contributed by atoms with Crippen LogP contribution in [0.1, 0.15) is 46.1 Å². The number of hydrogen-bond donors (Lipinski definition) is 0. The normalized spacial score (nSPS) is 13.3. The largest absolute Gasteiger partial charge is 0.496 e. The number of ether oxygens (including phenoxy) is 1. The number of carbonyl (C=O) groups excluding carboxylic acids is 1. The lowest BCUT2D eigenvalue weighted by atomic mass is 9.97. The van der Waals surface area contributed by atoms with Crippen molar-refractivity contribution >= 4 is 39.1 Å². The Labute approximate surface area is 183 Å². The van der Waals surface area contributed by atoms with Crippen molar-refractivity contribution in [3.05, 3.63) is 62.8 Å². The van der Waals surface area contributed by atoms with Crippen LogP contribution >= 0.6 is 23.1 Å². The van der Waals surface area contributed by atoms with Gasteiger partial charge in [-0.2, -0.15) is 0 Å². The fraction of sp³-hybridized carbons (Fsp3) is 0.348. The molecule has 1 aromatic carbocycles. The van der Waals surface area contributed by atoms with E-state index in [-0.39, 0.29) is 11.3 Å². The molecule has 7 heteroatoms. The number of fused-ring (bicyclic) bond motifs is 3. The Kier molecular flexibility index (Phi) is 6.11. The highest BCUT2D eigenvalue weighted by atomic mass is 32.2. The summed E-state index contributed by atoms with van der Waals surface area (Å²) in [5.41, 5.74) is 2.76. The molecule has 0 fully saturated rings. The van der Waals surface area contributed by atoms with Gasteiger partial charge in [0.1, 0.15) is 10.6 Å². The van der Waals surface area contributed by atoms with Crippen molar-refractivity contribution in [3.8, 4) is 5.75 Å². The monoisotopic (exact) mass is 440 g/mol. The van der Waals surface area contributed by atoms with Crippen LogP contribution in [-0.4, -0.2) is 22.4 Å². The fourth-order valence-electron chi connectivity index (χ4n) is 3.87. The molecule has 0 atom stereocenters. The molecule has 2 aromatic heterocycles. The minimum atomic E-state index is 0.0104. The van der Waals surface area contributed by atoms with E-state index in [1.807, 2.05) is 12.1 Å². The van der Waals surface area contributed by atoms with Crippen molar-refractivity contribution in [1.82, 2.24) is 9.55 Å². The second-order valence-corrected chi connectivity index (χ2v) is 9.39. The summed E-state index contributed by atoms with van der Waals surface area (Å²) in [7, 11) is 1.62. The van der Waals surface area contributed by atoms with Gasteiger partial charge in [-0.15, -0.1) is 17.9 Å². The molecule has 0 spiro atoms. The molecule has 0 bridgehead atoms. The summed E-state index contributed by atoms with van der Waals surface area (Å²) >= 11 is 3.14. The highest BCUT2D eigenvalue weighted by Crippen LogP contribution is 2.35. The van der Waals surface area contributed by atoms with E-state index in [9.17, 15) is 9.59 Å². The molecule has 3 aromatic rings. The van der Waals surface area contributed by atoms with Gasteiger partial charge in [0.15, 0.2) is 10.9 Å². The van der Waals surface area contributed by atoms with Crippen LogP contribution in [0.5, 0.6) is 5.75 Å². The van der Waals surface area contributed by atoms with Gasteiger partial charge in [-0.25, -0.2) is 4.98 Å². The Morgan fingerprint density at radius 3 is 2.90 bits per heavy atom. The van der Waals surface area contributed by atoms with E-state index < -0.39 is 0 Å². The van der Waals surface area contributed by atoms with Crippen LogP contribution in [0.2, 0.25) is 0 Å².